The minimum absolute atomic E-state index is 0.0485. The number of phenols is 1. The number of hydrogen-bond donors (Lipinski definition) is 13. The van der Waals surface area contributed by atoms with Crippen LogP contribution >= 0.6 is 0 Å². The van der Waals surface area contributed by atoms with E-state index in [4.69, 9.17) is 15.2 Å². The summed E-state index contributed by atoms with van der Waals surface area (Å²) < 4.78 is 12.3. The fourth-order valence-corrected chi connectivity index (χ4v) is 11.2. The van der Waals surface area contributed by atoms with Gasteiger partial charge in [-0.25, -0.2) is 0 Å². The van der Waals surface area contributed by atoms with Gasteiger partial charge in [-0.2, -0.15) is 0 Å². The Morgan fingerprint density at radius 1 is 0.719 bits per heavy atom. The van der Waals surface area contributed by atoms with Gasteiger partial charge in [0.05, 0.1) is 82.5 Å². The molecule has 14 N–H and O–H groups in total. The lowest BCUT2D eigenvalue weighted by Gasteiger charge is -2.34. The number of carbonyl (C=O) groups excluding carboxylic acids is 7. The molecule has 7 rings (SSSR count). The molecule has 0 aromatic heterocycles. The van der Waals surface area contributed by atoms with Crippen molar-refractivity contribution in [2.24, 2.45) is 11.8 Å². The first-order valence-corrected chi connectivity index (χ1v) is 30.1. The highest BCUT2D eigenvalue weighted by molar-refractivity contribution is 6.00. The second-order valence-corrected chi connectivity index (χ2v) is 24.7. The number of benzene rings is 4. The number of ketones is 1. The summed E-state index contributed by atoms with van der Waals surface area (Å²) in [5, 5.41) is 101. The van der Waals surface area contributed by atoms with Gasteiger partial charge in [0.2, 0.25) is 29.5 Å². The molecule has 6 amide bonds. The molecule has 0 radical (unpaired) electrons. The summed E-state index contributed by atoms with van der Waals surface area (Å²) in [5.74, 6) is -10.1. The number of hydrogen-bond acceptors (Lipinski definition) is 18. The Kier molecular flexibility index (Phi) is 23.4. The minimum atomic E-state index is -2.24. The number of anilines is 1. The van der Waals surface area contributed by atoms with Crippen LogP contribution in [-0.2, 0) is 33.5 Å². The van der Waals surface area contributed by atoms with E-state index in [0.29, 0.717) is 11.1 Å². The Morgan fingerprint density at radius 2 is 1.28 bits per heavy atom. The minimum Gasteiger partial charge on any atom is -0.506 e. The van der Waals surface area contributed by atoms with Crippen molar-refractivity contribution in [2.75, 3.05) is 59.7 Å². The first-order valence-electron chi connectivity index (χ1n) is 30.1. The number of nitrogens with two attached hydrogens (primary N) is 1. The summed E-state index contributed by atoms with van der Waals surface area (Å²) in [6.45, 7) is 5.85. The molecule has 4 aromatic rings. The largest absolute Gasteiger partial charge is 0.506 e. The van der Waals surface area contributed by atoms with Crippen molar-refractivity contribution in [2.45, 2.75) is 145 Å². The number of carbonyl (C=O) groups is 7. The first kappa shape index (κ1) is 68.9. The second-order valence-electron chi connectivity index (χ2n) is 24.7. The number of nitrogens with zero attached hydrogens (tertiary/aromatic N) is 3. The molecule has 0 spiro atoms. The smallest absolute Gasteiger partial charge is 0.251 e. The predicted molar refractivity (Wildman–Crippen MR) is 326 cm³/mol. The van der Waals surface area contributed by atoms with Gasteiger partial charge in [-0.05, 0) is 84.5 Å². The van der Waals surface area contributed by atoms with Crippen LogP contribution in [0.4, 0.5) is 5.69 Å². The van der Waals surface area contributed by atoms with Gasteiger partial charge in [-0.15, -0.1) is 0 Å². The number of nitrogens with one attached hydrogen (secondary N) is 4. The van der Waals surface area contributed by atoms with Crippen molar-refractivity contribution in [1.29, 1.82) is 0 Å². The normalized spacial score (nSPS) is 26.6. The van der Waals surface area contributed by atoms with Gasteiger partial charge in [-0.1, -0.05) is 81.3 Å². The molecule has 3 saturated heterocycles. The van der Waals surface area contributed by atoms with E-state index in [1.165, 1.54) is 25.1 Å². The van der Waals surface area contributed by atoms with E-state index in [9.17, 15) is 74.4 Å². The highest BCUT2D eigenvalue weighted by atomic mass is 16.5. The number of Topliss-reactive ketones (excluding diaryl/α,β-unsaturated/α-hetero) is 1. The molecule has 0 unspecified atom stereocenters. The molecule has 3 fully saturated rings. The van der Waals surface area contributed by atoms with E-state index in [0.717, 1.165) is 83.0 Å². The molecule has 25 heteroatoms. The molecule has 15 atom stereocenters. The molecule has 25 nitrogen and oxygen atoms in total. The lowest BCUT2D eigenvalue weighted by Crippen LogP contribution is -2.61. The van der Waals surface area contributed by atoms with E-state index in [1.807, 2.05) is 69.7 Å². The molecule has 0 bridgehead atoms. The molecule has 3 heterocycles. The van der Waals surface area contributed by atoms with Crippen LogP contribution in [-0.4, -0.2) is 223 Å². The molecule has 484 valence electrons. The van der Waals surface area contributed by atoms with Crippen LogP contribution in [0.5, 0.6) is 11.5 Å². The SMILES string of the molecule is CCCCCOc1ccc(-c2ccc(-c3ccc(C(=O)N[C@H]4C[C@@H](O)[C@@H](OCC[N+](C)(C)C)NC(=O)[C@@H]5[C@@H](O)[C@@H](C)CN5C(=O)[C@H]([C@@H](C)O)NC(=O)[C@H]([C@H](O)[C@@H](O)c5ccc(O)c(N)c5)CC(=O)[C@@H]5C[C@@H](O)CN5C(=O)[C@H]([C@@H](C)O)NC4=O)cc3)cc2)cc1. The van der Waals surface area contributed by atoms with Gasteiger partial charge < -0.3 is 91.6 Å². The average Bonchev–Trinajstić information content (AvgIpc) is 3.88. The topological polar surface area (TPSA) is 380 Å². The predicted octanol–water partition coefficient (Wildman–Crippen LogP) is 0.476. The van der Waals surface area contributed by atoms with Crippen molar-refractivity contribution < 1.29 is 88.4 Å². The van der Waals surface area contributed by atoms with Crippen LogP contribution in [0.1, 0.15) is 88.2 Å². The van der Waals surface area contributed by atoms with E-state index in [2.05, 4.69) is 28.2 Å². The summed E-state index contributed by atoms with van der Waals surface area (Å²) in [6.07, 6.45) is -13.5. The number of aliphatic hydroxyl groups excluding tert-OH is 7. The number of aliphatic hydroxyl groups is 7. The van der Waals surface area contributed by atoms with Crippen molar-refractivity contribution in [3.05, 3.63) is 102 Å². The zero-order chi connectivity index (χ0) is 65.2. The molecule has 0 saturated carbocycles. The van der Waals surface area contributed by atoms with E-state index in [-0.39, 0.29) is 42.3 Å². The van der Waals surface area contributed by atoms with Gasteiger partial charge in [0.1, 0.15) is 54.4 Å². The number of phenolic OH excluding ortho intramolecular Hbond substituents is 1. The Balaban J connectivity index is 1.24. The third-order valence-electron chi connectivity index (χ3n) is 16.6. The highest BCUT2D eigenvalue weighted by Crippen LogP contribution is 2.33. The number of likely N-dealkylation sites (N-methyl/N-ethyl adjacent to an activating group) is 1. The van der Waals surface area contributed by atoms with Gasteiger partial charge in [0, 0.05) is 43.8 Å². The Hall–Kier alpha value is -7.59. The maximum Gasteiger partial charge on any atom is 0.251 e. The van der Waals surface area contributed by atoms with E-state index >= 15 is 0 Å². The Bertz CT molecular complexity index is 3110. The highest BCUT2D eigenvalue weighted by Gasteiger charge is 2.50. The number of ether oxygens (including phenoxy) is 2. The zero-order valence-corrected chi connectivity index (χ0v) is 51.3. The summed E-state index contributed by atoms with van der Waals surface area (Å²) in [7, 11) is 5.52. The number of quaternary nitrogens is 1. The van der Waals surface area contributed by atoms with Crippen LogP contribution < -0.4 is 31.7 Å². The molecular formula is C64H87N8O17+. The molecular weight excluding hydrogens is 1150 g/mol. The summed E-state index contributed by atoms with van der Waals surface area (Å²) in [5.41, 5.74) is 9.06. The first-order chi connectivity index (χ1) is 42.1. The number of aromatic hydroxyl groups is 1. The van der Waals surface area contributed by atoms with Crippen LogP contribution in [0.2, 0.25) is 0 Å². The lowest BCUT2D eigenvalue weighted by atomic mass is 9.86. The molecule has 4 aromatic carbocycles. The fraction of sp³-hybridized carbons (Fsp3) is 0.516. The molecule has 89 heavy (non-hydrogen) atoms. The van der Waals surface area contributed by atoms with Gasteiger partial charge in [-0.3, -0.25) is 33.6 Å². The quantitative estimate of drug-likeness (QED) is 0.0279. The summed E-state index contributed by atoms with van der Waals surface area (Å²) in [4.78, 5) is 104. The number of rotatable bonds is 18. The Labute approximate surface area is 517 Å². The van der Waals surface area contributed by atoms with Gasteiger partial charge in [0.25, 0.3) is 5.91 Å². The zero-order valence-electron chi connectivity index (χ0n) is 51.3. The number of unbranched alkanes of at least 4 members (excludes halogenated alkanes) is 2. The van der Waals surface area contributed by atoms with Crippen LogP contribution in [0.25, 0.3) is 22.3 Å². The van der Waals surface area contributed by atoms with E-state index < -0.39 is 158 Å². The standard InChI is InChI=1S/C64H86N8O17/c1-8-9-10-26-88-44-22-19-40(20-23-44)38-13-11-37(12-14-38)39-15-17-41(18-16-39)58(82)66-47-31-51(78)62(89-27-25-72(5,6)7)69-61(85)54-55(79)34(2)32-71(54)64(87)53(36(4)74)67-59(83)45(57(81)56(80)42-21-24-49(76)46(65)28-42)30-50(77)48-29-43(75)33-70(48)63(86)52(35(3)73)68-60(47)84/h11-24,28,34-36,43,45,47-48,51-57,62,73-75,78-81H,8-10,25-27,29-33,65H2,1-7H3,(H4-,66,67,68,69,76,82,83,84,85)/p+1/t34-,35+,36+,43+,45-,47-,48-,51+,52-,53-,54-,55-,56-,57-,62+/m0/s1. The molecule has 0 aliphatic carbocycles. The maximum atomic E-state index is 14.8. The number of fused-ring (bicyclic) bond motifs is 2. The van der Waals surface area contributed by atoms with Crippen LogP contribution in [0, 0.1) is 11.8 Å². The number of amides is 6. The fourth-order valence-electron chi connectivity index (χ4n) is 11.2. The monoisotopic (exact) mass is 1240 g/mol. The third kappa shape index (κ3) is 17.4. The summed E-state index contributed by atoms with van der Waals surface area (Å²) in [6, 6.07) is 16.3. The average molecular weight is 1240 g/mol. The van der Waals surface area contributed by atoms with Crippen molar-refractivity contribution in [1.82, 2.24) is 31.1 Å². The molecule has 3 aliphatic heterocycles. The van der Waals surface area contributed by atoms with Crippen LogP contribution in [0.3, 0.4) is 0 Å². The lowest BCUT2D eigenvalue weighted by molar-refractivity contribution is -0.870. The number of nitrogen functional groups attached to an aromatic ring is 1. The third-order valence-corrected chi connectivity index (χ3v) is 16.6. The van der Waals surface area contributed by atoms with Crippen molar-refractivity contribution >= 4 is 46.9 Å². The maximum absolute atomic E-state index is 14.8. The van der Waals surface area contributed by atoms with E-state index in [1.54, 1.807) is 12.1 Å². The van der Waals surface area contributed by atoms with Crippen molar-refractivity contribution in [3.63, 3.8) is 0 Å². The Morgan fingerprint density at radius 3 is 1.84 bits per heavy atom. The van der Waals surface area contributed by atoms with Crippen LogP contribution in [0.15, 0.2) is 91.0 Å². The second kappa shape index (κ2) is 30.3. The molecule has 3 aliphatic rings. The van der Waals surface area contributed by atoms with Crippen molar-refractivity contribution in [3.8, 4) is 33.8 Å². The van der Waals surface area contributed by atoms with Gasteiger partial charge >= 0.3 is 0 Å². The van der Waals surface area contributed by atoms with Gasteiger partial charge in [0.15, 0.2) is 12.0 Å². The summed E-state index contributed by atoms with van der Waals surface area (Å²) >= 11 is 0.